The second kappa shape index (κ2) is 6.94. The van der Waals surface area contributed by atoms with Crippen LogP contribution in [0.1, 0.15) is 15.2 Å². The predicted octanol–water partition coefficient (Wildman–Crippen LogP) is 5.01. The molecule has 0 aliphatic heterocycles. The van der Waals surface area contributed by atoms with Crippen molar-refractivity contribution in [1.29, 1.82) is 0 Å². The Morgan fingerprint density at radius 1 is 1.12 bits per heavy atom. The van der Waals surface area contributed by atoms with Crippen LogP contribution in [0.15, 0.2) is 67.0 Å². The lowest BCUT2D eigenvalue weighted by molar-refractivity contribution is 0.0786. The lowest BCUT2D eigenvalue weighted by Crippen LogP contribution is -2.25. The Morgan fingerprint density at radius 2 is 1.88 bits per heavy atom. The second-order valence-electron chi connectivity index (χ2n) is 6.02. The number of amides is 1. The van der Waals surface area contributed by atoms with Crippen LogP contribution in [0.25, 0.3) is 16.7 Å². The molecule has 0 atom stereocenters. The summed E-state index contributed by atoms with van der Waals surface area (Å²) in [5.74, 6) is -0.0171. The molecule has 4 aromatic rings. The molecule has 2 aromatic carbocycles. The van der Waals surface area contributed by atoms with Gasteiger partial charge in [-0.25, -0.2) is 4.98 Å². The topological polar surface area (TPSA) is 38.1 Å². The molecule has 6 heteroatoms. The number of hydrogen-bond donors (Lipinski definition) is 0. The fraction of sp³-hybridized carbons (Fsp3) is 0.100. The van der Waals surface area contributed by atoms with E-state index in [9.17, 15) is 4.79 Å². The lowest BCUT2D eigenvalue weighted by atomic mass is 10.1. The number of rotatable bonds is 4. The highest BCUT2D eigenvalue weighted by atomic mass is 35.5. The zero-order valence-corrected chi connectivity index (χ0v) is 15.7. The molecule has 26 heavy (non-hydrogen) atoms. The third-order valence-electron chi connectivity index (χ3n) is 4.21. The van der Waals surface area contributed by atoms with Crippen LogP contribution in [0.4, 0.5) is 0 Å². The third kappa shape index (κ3) is 3.23. The minimum Gasteiger partial charge on any atom is -0.337 e. The van der Waals surface area contributed by atoms with Crippen molar-refractivity contribution in [2.45, 2.75) is 6.54 Å². The average Bonchev–Trinajstić information content (AvgIpc) is 3.27. The van der Waals surface area contributed by atoms with Gasteiger partial charge in [0.2, 0.25) is 0 Å². The summed E-state index contributed by atoms with van der Waals surface area (Å²) in [6.45, 7) is 0.546. The molecular formula is C20H16ClN3OS. The number of nitrogens with zero attached hydrogens (tertiary/aromatic N) is 3. The van der Waals surface area contributed by atoms with E-state index in [0.717, 1.165) is 25.9 Å². The third-order valence-corrected chi connectivity index (χ3v) is 5.43. The highest BCUT2D eigenvalue weighted by Crippen LogP contribution is 2.23. The summed E-state index contributed by atoms with van der Waals surface area (Å²) >= 11 is 7.45. The van der Waals surface area contributed by atoms with Crippen LogP contribution in [0.3, 0.4) is 0 Å². The molecule has 0 aliphatic carbocycles. The first-order valence-electron chi connectivity index (χ1n) is 8.14. The van der Waals surface area contributed by atoms with Crippen molar-refractivity contribution in [3.63, 3.8) is 0 Å². The summed E-state index contributed by atoms with van der Waals surface area (Å²) in [6, 6.07) is 19.4. The number of fused-ring (bicyclic) bond motifs is 1. The number of para-hydroxylation sites is 2. The van der Waals surface area contributed by atoms with E-state index >= 15 is 0 Å². The fourth-order valence-corrected chi connectivity index (χ4v) is 4.03. The van der Waals surface area contributed by atoms with Crippen LogP contribution < -0.4 is 0 Å². The van der Waals surface area contributed by atoms with Gasteiger partial charge in [-0.05, 0) is 48.5 Å². The van der Waals surface area contributed by atoms with E-state index in [-0.39, 0.29) is 5.91 Å². The Kier molecular flexibility index (Phi) is 4.49. The van der Waals surface area contributed by atoms with Crippen LogP contribution >= 0.6 is 22.9 Å². The molecule has 2 aromatic heterocycles. The van der Waals surface area contributed by atoms with Crippen molar-refractivity contribution in [3.05, 3.63) is 81.8 Å². The summed E-state index contributed by atoms with van der Waals surface area (Å²) in [5, 5.41) is 0. The molecule has 4 rings (SSSR count). The van der Waals surface area contributed by atoms with Gasteiger partial charge in [-0.1, -0.05) is 23.7 Å². The average molecular weight is 382 g/mol. The van der Waals surface area contributed by atoms with Gasteiger partial charge in [0, 0.05) is 23.2 Å². The van der Waals surface area contributed by atoms with Crippen molar-refractivity contribution in [2.24, 2.45) is 0 Å². The van der Waals surface area contributed by atoms with Crippen LogP contribution in [0.5, 0.6) is 0 Å². The van der Waals surface area contributed by atoms with Gasteiger partial charge in [0.25, 0.3) is 5.91 Å². The summed E-state index contributed by atoms with van der Waals surface area (Å²) in [6.07, 6.45) is 1.80. The Morgan fingerprint density at radius 3 is 2.62 bits per heavy atom. The van der Waals surface area contributed by atoms with Gasteiger partial charge >= 0.3 is 0 Å². The SMILES string of the molecule is CN(Cc1ccc(Cl)s1)C(=O)c1ccc(-n2cnc3ccccc32)cc1. The van der Waals surface area contributed by atoms with E-state index < -0.39 is 0 Å². The standard InChI is InChI=1S/C20H16ClN3OS/c1-23(12-16-10-11-19(21)26-16)20(25)14-6-8-15(9-7-14)24-13-22-17-4-2-3-5-18(17)24/h2-11,13H,12H2,1H3. The molecule has 2 heterocycles. The second-order valence-corrected chi connectivity index (χ2v) is 7.82. The first-order chi connectivity index (χ1) is 12.6. The quantitative estimate of drug-likeness (QED) is 0.498. The van der Waals surface area contributed by atoms with E-state index in [1.165, 1.54) is 11.3 Å². The molecule has 4 nitrogen and oxygen atoms in total. The maximum atomic E-state index is 12.6. The van der Waals surface area contributed by atoms with Gasteiger partial charge in [-0.3, -0.25) is 9.36 Å². The number of carbonyl (C=O) groups is 1. The van der Waals surface area contributed by atoms with Crippen molar-refractivity contribution in [1.82, 2.24) is 14.5 Å². The minimum atomic E-state index is -0.0171. The van der Waals surface area contributed by atoms with Crippen molar-refractivity contribution < 1.29 is 4.79 Å². The Hall–Kier alpha value is -2.63. The molecule has 0 saturated heterocycles. The molecule has 0 fully saturated rings. The molecule has 0 unspecified atom stereocenters. The van der Waals surface area contributed by atoms with Gasteiger partial charge in [-0.2, -0.15) is 0 Å². The van der Waals surface area contributed by atoms with Gasteiger partial charge in [0.05, 0.1) is 21.9 Å². The molecule has 0 spiro atoms. The number of imidazole rings is 1. The highest BCUT2D eigenvalue weighted by Gasteiger charge is 2.13. The maximum absolute atomic E-state index is 12.6. The summed E-state index contributed by atoms with van der Waals surface area (Å²) in [7, 11) is 1.80. The molecule has 0 radical (unpaired) electrons. The van der Waals surface area contributed by atoms with Crippen LogP contribution in [0, 0.1) is 0 Å². The predicted molar refractivity (Wildman–Crippen MR) is 106 cm³/mol. The van der Waals surface area contributed by atoms with Gasteiger partial charge < -0.3 is 4.90 Å². The van der Waals surface area contributed by atoms with Crippen LogP contribution in [0.2, 0.25) is 4.34 Å². The van der Waals surface area contributed by atoms with E-state index in [1.807, 2.05) is 65.2 Å². The molecular weight excluding hydrogens is 366 g/mol. The van der Waals surface area contributed by atoms with E-state index in [4.69, 9.17) is 11.6 Å². The Labute approximate surface area is 160 Å². The number of halogens is 1. The summed E-state index contributed by atoms with van der Waals surface area (Å²) < 4.78 is 2.75. The number of carbonyl (C=O) groups excluding carboxylic acids is 1. The van der Waals surface area contributed by atoms with Gasteiger partial charge in [-0.15, -0.1) is 11.3 Å². The van der Waals surface area contributed by atoms with Crippen molar-refractivity contribution in [2.75, 3.05) is 7.05 Å². The minimum absolute atomic E-state index is 0.0171. The zero-order chi connectivity index (χ0) is 18.1. The van der Waals surface area contributed by atoms with Gasteiger partial charge in [0.15, 0.2) is 0 Å². The molecule has 0 bridgehead atoms. The molecule has 1 amide bonds. The van der Waals surface area contributed by atoms with E-state index in [1.54, 1.807) is 18.3 Å². The first kappa shape index (κ1) is 16.8. The number of thiophene rings is 1. The van der Waals surface area contributed by atoms with Crippen molar-refractivity contribution >= 4 is 39.9 Å². The fourth-order valence-electron chi connectivity index (χ4n) is 2.89. The monoisotopic (exact) mass is 381 g/mol. The first-order valence-corrected chi connectivity index (χ1v) is 9.33. The molecule has 0 aliphatic rings. The summed E-state index contributed by atoms with van der Waals surface area (Å²) in [5.41, 5.74) is 3.62. The lowest BCUT2D eigenvalue weighted by Gasteiger charge is -2.16. The zero-order valence-electron chi connectivity index (χ0n) is 14.1. The number of aromatic nitrogens is 2. The molecule has 0 saturated carbocycles. The van der Waals surface area contributed by atoms with Gasteiger partial charge in [0.1, 0.15) is 6.33 Å². The Balaban J connectivity index is 1.54. The summed E-state index contributed by atoms with van der Waals surface area (Å²) in [4.78, 5) is 19.8. The normalized spacial score (nSPS) is 11.0. The van der Waals surface area contributed by atoms with Crippen molar-refractivity contribution in [3.8, 4) is 5.69 Å². The Bertz CT molecular complexity index is 1070. The van der Waals surface area contributed by atoms with Crippen LogP contribution in [-0.2, 0) is 6.54 Å². The molecule has 130 valence electrons. The molecule has 0 N–H and O–H groups in total. The maximum Gasteiger partial charge on any atom is 0.253 e. The van der Waals surface area contributed by atoms with Crippen LogP contribution in [-0.4, -0.2) is 27.4 Å². The number of hydrogen-bond acceptors (Lipinski definition) is 3. The number of benzene rings is 2. The van der Waals surface area contributed by atoms with E-state index in [0.29, 0.717) is 12.1 Å². The largest absolute Gasteiger partial charge is 0.337 e. The van der Waals surface area contributed by atoms with E-state index in [2.05, 4.69) is 4.98 Å². The smallest absolute Gasteiger partial charge is 0.253 e. The highest BCUT2D eigenvalue weighted by molar-refractivity contribution is 7.16.